The molecule has 0 atom stereocenters. The first-order valence-electron chi connectivity index (χ1n) is 7.84. The highest BCUT2D eigenvalue weighted by atomic mass is 79.9. The summed E-state index contributed by atoms with van der Waals surface area (Å²) in [7, 11) is -4.29. The van der Waals surface area contributed by atoms with Crippen molar-refractivity contribution in [3.8, 4) is 0 Å². The van der Waals surface area contributed by atoms with Crippen LogP contribution in [-0.2, 0) is 20.7 Å². The third kappa shape index (κ3) is 4.76. The van der Waals surface area contributed by atoms with Gasteiger partial charge in [-0.1, -0.05) is 15.9 Å². The SMILES string of the molecule is NCC(=O)N1CCC(NS(=O)(=O)c2ccc(Br)cc2C(F)(F)CF)CC1. The van der Waals surface area contributed by atoms with Crippen molar-refractivity contribution in [1.82, 2.24) is 9.62 Å². The first-order chi connectivity index (χ1) is 12.1. The second-order valence-corrected chi connectivity index (χ2v) is 8.56. The van der Waals surface area contributed by atoms with Gasteiger partial charge in [0.2, 0.25) is 15.9 Å². The molecule has 1 fully saturated rings. The summed E-state index contributed by atoms with van der Waals surface area (Å²) < 4.78 is 68.2. The van der Waals surface area contributed by atoms with Crippen LogP contribution in [0.5, 0.6) is 0 Å². The van der Waals surface area contributed by atoms with Crippen molar-refractivity contribution in [2.75, 3.05) is 26.3 Å². The Morgan fingerprint density at radius 2 is 1.96 bits per heavy atom. The lowest BCUT2D eigenvalue weighted by atomic mass is 10.1. The van der Waals surface area contributed by atoms with Crippen LogP contribution in [-0.4, -0.2) is 51.6 Å². The van der Waals surface area contributed by atoms with Crippen molar-refractivity contribution in [3.63, 3.8) is 0 Å². The molecule has 26 heavy (non-hydrogen) atoms. The predicted octanol–water partition coefficient (Wildman–Crippen LogP) is 1.74. The molecule has 11 heteroatoms. The highest BCUT2D eigenvalue weighted by Gasteiger charge is 2.38. The van der Waals surface area contributed by atoms with E-state index in [9.17, 15) is 26.4 Å². The van der Waals surface area contributed by atoms with Crippen LogP contribution in [0.4, 0.5) is 13.2 Å². The Balaban J connectivity index is 2.20. The lowest BCUT2D eigenvalue weighted by Gasteiger charge is -2.32. The fourth-order valence-corrected chi connectivity index (χ4v) is 4.66. The smallest absolute Gasteiger partial charge is 0.302 e. The third-order valence-electron chi connectivity index (χ3n) is 4.14. The molecule has 0 bridgehead atoms. The van der Waals surface area contributed by atoms with Crippen molar-refractivity contribution in [2.45, 2.75) is 29.7 Å². The molecule has 0 spiro atoms. The van der Waals surface area contributed by atoms with Gasteiger partial charge in [-0.3, -0.25) is 4.79 Å². The number of nitrogens with one attached hydrogen (secondary N) is 1. The molecule has 1 aliphatic rings. The van der Waals surface area contributed by atoms with E-state index in [-0.39, 0.29) is 16.9 Å². The van der Waals surface area contributed by atoms with Gasteiger partial charge in [0.25, 0.3) is 0 Å². The summed E-state index contributed by atoms with van der Waals surface area (Å²) in [6, 6.07) is 2.70. The van der Waals surface area contributed by atoms with Crippen molar-refractivity contribution in [1.29, 1.82) is 0 Å². The van der Waals surface area contributed by atoms with E-state index in [1.54, 1.807) is 0 Å². The maximum Gasteiger partial charge on any atom is 0.302 e. The van der Waals surface area contributed by atoms with Gasteiger partial charge in [-0.2, -0.15) is 8.78 Å². The summed E-state index contributed by atoms with van der Waals surface area (Å²) in [6.45, 7) is -1.50. The van der Waals surface area contributed by atoms with E-state index < -0.39 is 39.1 Å². The van der Waals surface area contributed by atoms with E-state index in [0.29, 0.717) is 25.9 Å². The fourth-order valence-electron chi connectivity index (χ4n) is 2.75. The Morgan fingerprint density at radius 3 is 2.50 bits per heavy atom. The lowest BCUT2D eigenvalue weighted by molar-refractivity contribution is -0.130. The van der Waals surface area contributed by atoms with E-state index in [4.69, 9.17) is 5.73 Å². The van der Waals surface area contributed by atoms with Crippen LogP contribution >= 0.6 is 15.9 Å². The minimum Gasteiger partial charge on any atom is -0.341 e. The molecule has 0 aromatic heterocycles. The number of carbonyl (C=O) groups is 1. The molecule has 1 heterocycles. The van der Waals surface area contributed by atoms with E-state index in [2.05, 4.69) is 20.7 Å². The molecule has 0 radical (unpaired) electrons. The number of nitrogens with zero attached hydrogens (tertiary/aromatic N) is 1. The van der Waals surface area contributed by atoms with Gasteiger partial charge in [0.15, 0.2) is 6.67 Å². The molecule has 1 aliphatic heterocycles. The van der Waals surface area contributed by atoms with Crippen LogP contribution in [0.1, 0.15) is 18.4 Å². The van der Waals surface area contributed by atoms with Crippen molar-refractivity contribution >= 4 is 31.9 Å². The monoisotopic (exact) mass is 457 g/mol. The van der Waals surface area contributed by atoms with Crippen LogP contribution in [0.2, 0.25) is 0 Å². The number of carbonyl (C=O) groups excluding carboxylic acids is 1. The molecule has 1 amide bonds. The molecule has 3 N–H and O–H groups in total. The quantitative estimate of drug-likeness (QED) is 0.680. The number of rotatable bonds is 6. The highest BCUT2D eigenvalue weighted by Crippen LogP contribution is 2.35. The second kappa shape index (κ2) is 8.24. The number of benzene rings is 1. The Kier molecular flexibility index (Phi) is 6.70. The molecule has 2 rings (SSSR count). The van der Waals surface area contributed by atoms with Gasteiger partial charge < -0.3 is 10.6 Å². The number of amides is 1. The summed E-state index contributed by atoms with van der Waals surface area (Å²) in [5, 5.41) is 0. The minimum atomic E-state index is -4.29. The zero-order chi connectivity index (χ0) is 19.5. The number of likely N-dealkylation sites (tertiary alicyclic amines) is 1. The van der Waals surface area contributed by atoms with Crippen molar-refractivity contribution in [3.05, 3.63) is 28.2 Å². The van der Waals surface area contributed by atoms with Crippen LogP contribution < -0.4 is 10.5 Å². The Labute approximate surface area is 158 Å². The van der Waals surface area contributed by atoms with Gasteiger partial charge in [-0.15, -0.1) is 0 Å². The Hall–Kier alpha value is -1.17. The first kappa shape index (κ1) is 21.1. The molecule has 1 saturated heterocycles. The zero-order valence-electron chi connectivity index (χ0n) is 13.7. The Bertz CT molecular complexity index is 769. The van der Waals surface area contributed by atoms with Crippen LogP contribution in [0, 0.1) is 0 Å². The van der Waals surface area contributed by atoms with Crippen LogP contribution in [0.15, 0.2) is 27.6 Å². The fraction of sp³-hybridized carbons (Fsp3) is 0.533. The van der Waals surface area contributed by atoms with Crippen molar-refractivity contribution in [2.24, 2.45) is 5.73 Å². The summed E-state index contributed by atoms with van der Waals surface area (Å²) in [5.74, 6) is -4.16. The molecule has 0 saturated carbocycles. The largest absolute Gasteiger partial charge is 0.341 e. The van der Waals surface area contributed by atoms with Gasteiger partial charge in [0.05, 0.1) is 11.4 Å². The maximum atomic E-state index is 13.9. The molecular weight excluding hydrogens is 439 g/mol. The first-order valence-corrected chi connectivity index (χ1v) is 10.1. The van der Waals surface area contributed by atoms with Gasteiger partial charge in [0, 0.05) is 29.2 Å². The standard InChI is InChI=1S/C15H19BrF3N3O3S/c16-10-1-2-13(12(7-10)15(18,19)9-17)26(24,25)21-11-3-5-22(6-4-11)14(23)8-20/h1-2,7,11,21H,3-6,8-9,20H2. The predicted molar refractivity (Wildman–Crippen MR) is 93.0 cm³/mol. The molecule has 1 aromatic carbocycles. The number of nitrogens with two attached hydrogens (primary N) is 1. The summed E-state index contributed by atoms with van der Waals surface area (Å²) in [6.07, 6.45) is 0.659. The average molecular weight is 458 g/mol. The number of sulfonamides is 1. The second-order valence-electron chi connectivity index (χ2n) is 5.96. The molecular formula is C15H19BrF3N3O3S. The maximum absolute atomic E-state index is 13.9. The van der Waals surface area contributed by atoms with E-state index in [1.165, 1.54) is 11.0 Å². The van der Waals surface area contributed by atoms with Gasteiger partial charge in [0.1, 0.15) is 0 Å². The van der Waals surface area contributed by atoms with Crippen LogP contribution in [0.25, 0.3) is 0 Å². The minimum absolute atomic E-state index is 0.128. The van der Waals surface area contributed by atoms with E-state index in [0.717, 1.165) is 12.1 Å². The number of piperidine rings is 1. The molecule has 146 valence electrons. The topological polar surface area (TPSA) is 92.5 Å². The van der Waals surface area contributed by atoms with Gasteiger partial charge >= 0.3 is 5.92 Å². The Morgan fingerprint density at radius 1 is 1.35 bits per heavy atom. The molecule has 1 aromatic rings. The van der Waals surface area contributed by atoms with Gasteiger partial charge in [-0.25, -0.2) is 17.5 Å². The van der Waals surface area contributed by atoms with Crippen LogP contribution in [0.3, 0.4) is 0 Å². The number of halogens is 4. The van der Waals surface area contributed by atoms with E-state index >= 15 is 0 Å². The summed E-state index contributed by atoms with van der Waals surface area (Å²) in [5.41, 5.74) is 4.38. The number of hydrogen-bond donors (Lipinski definition) is 2. The highest BCUT2D eigenvalue weighted by molar-refractivity contribution is 9.10. The van der Waals surface area contributed by atoms with Gasteiger partial charge in [-0.05, 0) is 31.0 Å². The average Bonchev–Trinajstić information content (AvgIpc) is 2.61. The normalized spacial score (nSPS) is 16.7. The number of alkyl halides is 3. The summed E-state index contributed by atoms with van der Waals surface area (Å²) in [4.78, 5) is 12.4. The molecule has 6 nitrogen and oxygen atoms in total. The summed E-state index contributed by atoms with van der Waals surface area (Å²) >= 11 is 2.99. The zero-order valence-corrected chi connectivity index (χ0v) is 16.1. The third-order valence-corrected chi connectivity index (χ3v) is 6.21. The van der Waals surface area contributed by atoms with Crippen molar-refractivity contribution < 1.29 is 26.4 Å². The lowest BCUT2D eigenvalue weighted by Crippen LogP contribution is -2.48. The molecule has 0 aliphatic carbocycles. The van der Waals surface area contributed by atoms with E-state index in [1.807, 2.05) is 0 Å². The molecule has 0 unspecified atom stereocenters. The number of hydrogen-bond acceptors (Lipinski definition) is 4.